The van der Waals surface area contributed by atoms with E-state index in [0.717, 1.165) is 45.2 Å². The molecule has 0 aromatic carbocycles. The standard InChI is InChI=1S/C11H20N4O/c12-10(13)8-4-3-5-9(8)14-11(16)15-6-1-2-7-15/h8-9H,1-7H2,(H3,12,13)(H,14,16). The summed E-state index contributed by atoms with van der Waals surface area (Å²) in [6.07, 6.45) is 5.14. The molecule has 1 saturated carbocycles. The van der Waals surface area contributed by atoms with E-state index in [2.05, 4.69) is 5.32 Å². The zero-order valence-corrected chi connectivity index (χ0v) is 9.54. The number of hydrogen-bond acceptors (Lipinski definition) is 2. The van der Waals surface area contributed by atoms with Crippen molar-refractivity contribution in [3.05, 3.63) is 0 Å². The van der Waals surface area contributed by atoms with Gasteiger partial charge in [0, 0.05) is 25.0 Å². The van der Waals surface area contributed by atoms with E-state index in [1.807, 2.05) is 4.90 Å². The smallest absolute Gasteiger partial charge is 0.317 e. The molecule has 0 spiro atoms. The summed E-state index contributed by atoms with van der Waals surface area (Å²) in [5, 5.41) is 10.5. The number of hydrogen-bond donors (Lipinski definition) is 3. The van der Waals surface area contributed by atoms with Crippen LogP contribution in [-0.2, 0) is 0 Å². The number of nitrogens with two attached hydrogens (primary N) is 1. The highest BCUT2D eigenvalue weighted by Crippen LogP contribution is 2.25. The van der Waals surface area contributed by atoms with Crippen molar-refractivity contribution in [3.8, 4) is 0 Å². The lowest BCUT2D eigenvalue weighted by Gasteiger charge is -2.23. The van der Waals surface area contributed by atoms with Crippen LogP contribution in [0.25, 0.3) is 0 Å². The summed E-state index contributed by atoms with van der Waals surface area (Å²) in [7, 11) is 0. The van der Waals surface area contributed by atoms with Crippen molar-refractivity contribution < 1.29 is 4.79 Å². The molecule has 5 heteroatoms. The van der Waals surface area contributed by atoms with Crippen molar-refractivity contribution in [3.63, 3.8) is 0 Å². The number of nitrogens with zero attached hydrogens (tertiary/aromatic N) is 1. The zero-order chi connectivity index (χ0) is 11.5. The quantitative estimate of drug-likeness (QED) is 0.481. The Labute approximate surface area is 95.9 Å². The first kappa shape index (κ1) is 11.2. The summed E-state index contributed by atoms with van der Waals surface area (Å²) in [6, 6.07) is 0.0984. The molecule has 0 aromatic rings. The molecular formula is C11H20N4O. The van der Waals surface area contributed by atoms with Gasteiger partial charge in [0.1, 0.15) is 0 Å². The predicted octanol–water partition coefficient (Wildman–Crippen LogP) is 0.896. The third-order valence-electron chi connectivity index (χ3n) is 3.62. The normalized spacial score (nSPS) is 29.4. The van der Waals surface area contributed by atoms with Crippen LogP contribution >= 0.6 is 0 Å². The van der Waals surface area contributed by atoms with Gasteiger partial charge in [-0.25, -0.2) is 4.79 Å². The van der Waals surface area contributed by atoms with E-state index >= 15 is 0 Å². The number of likely N-dealkylation sites (tertiary alicyclic amines) is 1. The SMILES string of the molecule is N=C(N)C1CCCC1NC(=O)N1CCCC1. The van der Waals surface area contributed by atoms with E-state index in [1.165, 1.54) is 0 Å². The molecule has 2 amide bonds. The van der Waals surface area contributed by atoms with Crippen LogP contribution in [0.1, 0.15) is 32.1 Å². The highest BCUT2D eigenvalue weighted by molar-refractivity contribution is 5.82. The van der Waals surface area contributed by atoms with Gasteiger partial charge < -0.3 is 16.0 Å². The van der Waals surface area contributed by atoms with Crippen LogP contribution in [0.15, 0.2) is 0 Å². The second-order valence-electron chi connectivity index (χ2n) is 4.74. The Morgan fingerprint density at radius 3 is 2.56 bits per heavy atom. The van der Waals surface area contributed by atoms with Gasteiger partial charge in [0.25, 0.3) is 0 Å². The Kier molecular flexibility index (Phi) is 3.31. The third-order valence-corrected chi connectivity index (χ3v) is 3.62. The zero-order valence-electron chi connectivity index (χ0n) is 9.54. The van der Waals surface area contributed by atoms with Crippen molar-refractivity contribution in [1.82, 2.24) is 10.2 Å². The average Bonchev–Trinajstić information content (AvgIpc) is 2.86. The van der Waals surface area contributed by atoms with Crippen LogP contribution in [0.4, 0.5) is 4.79 Å². The van der Waals surface area contributed by atoms with Gasteiger partial charge in [0.2, 0.25) is 0 Å². The fourth-order valence-corrected chi connectivity index (χ4v) is 2.68. The monoisotopic (exact) mass is 224 g/mol. The van der Waals surface area contributed by atoms with Crippen LogP contribution in [0.5, 0.6) is 0 Å². The molecule has 0 bridgehead atoms. The van der Waals surface area contributed by atoms with Gasteiger partial charge in [0.05, 0.1) is 5.84 Å². The fourth-order valence-electron chi connectivity index (χ4n) is 2.68. The maximum atomic E-state index is 11.9. The molecule has 1 saturated heterocycles. The lowest BCUT2D eigenvalue weighted by atomic mass is 10.0. The number of amidine groups is 1. The Hall–Kier alpha value is -1.26. The molecule has 0 radical (unpaired) electrons. The number of nitrogens with one attached hydrogen (secondary N) is 2. The molecule has 1 aliphatic carbocycles. The van der Waals surface area contributed by atoms with Crippen molar-refractivity contribution in [2.75, 3.05) is 13.1 Å². The van der Waals surface area contributed by atoms with Gasteiger partial charge in [0.15, 0.2) is 0 Å². The average molecular weight is 224 g/mol. The summed E-state index contributed by atoms with van der Waals surface area (Å²) in [4.78, 5) is 13.7. The first-order valence-corrected chi connectivity index (χ1v) is 6.08. The van der Waals surface area contributed by atoms with Crippen molar-refractivity contribution in [2.24, 2.45) is 11.7 Å². The number of amides is 2. The predicted molar refractivity (Wildman–Crippen MR) is 62.4 cm³/mol. The molecular weight excluding hydrogens is 204 g/mol. The van der Waals surface area contributed by atoms with E-state index in [4.69, 9.17) is 11.1 Å². The van der Waals surface area contributed by atoms with Crippen LogP contribution < -0.4 is 11.1 Å². The summed E-state index contributed by atoms with van der Waals surface area (Å²) in [6.45, 7) is 1.73. The second-order valence-corrected chi connectivity index (χ2v) is 4.74. The second kappa shape index (κ2) is 4.72. The number of carbonyl (C=O) groups is 1. The van der Waals surface area contributed by atoms with Gasteiger partial charge in [-0.15, -0.1) is 0 Å². The Morgan fingerprint density at radius 1 is 1.25 bits per heavy atom. The minimum atomic E-state index is 0.0238. The number of urea groups is 1. The molecule has 0 aromatic heterocycles. The maximum Gasteiger partial charge on any atom is 0.317 e. The third kappa shape index (κ3) is 2.28. The minimum Gasteiger partial charge on any atom is -0.387 e. The van der Waals surface area contributed by atoms with Crippen LogP contribution in [0.3, 0.4) is 0 Å². The van der Waals surface area contributed by atoms with Crippen LogP contribution in [-0.4, -0.2) is 35.9 Å². The Balaban J connectivity index is 1.88. The van der Waals surface area contributed by atoms with E-state index < -0.39 is 0 Å². The molecule has 1 aliphatic heterocycles. The first-order valence-electron chi connectivity index (χ1n) is 6.08. The molecule has 1 heterocycles. The Morgan fingerprint density at radius 2 is 1.94 bits per heavy atom. The van der Waals surface area contributed by atoms with Gasteiger partial charge in [-0.05, 0) is 25.7 Å². The molecule has 5 nitrogen and oxygen atoms in total. The highest BCUT2D eigenvalue weighted by atomic mass is 16.2. The van der Waals surface area contributed by atoms with E-state index in [-0.39, 0.29) is 23.8 Å². The summed E-state index contributed by atoms with van der Waals surface area (Å²) >= 11 is 0. The molecule has 4 N–H and O–H groups in total. The van der Waals surface area contributed by atoms with Crippen LogP contribution in [0.2, 0.25) is 0 Å². The van der Waals surface area contributed by atoms with Crippen molar-refractivity contribution in [1.29, 1.82) is 5.41 Å². The topological polar surface area (TPSA) is 82.2 Å². The van der Waals surface area contributed by atoms with E-state index in [0.29, 0.717) is 0 Å². The van der Waals surface area contributed by atoms with Crippen molar-refractivity contribution >= 4 is 11.9 Å². The first-order chi connectivity index (χ1) is 7.68. The van der Waals surface area contributed by atoms with E-state index in [1.54, 1.807) is 0 Å². The van der Waals surface area contributed by atoms with Gasteiger partial charge >= 0.3 is 6.03 Å². The molecule has 2 fully saturated rings. The number of carbonyl (C=O) groups excluding carboxylic acids is 1. The van der Waals surface area contributed by atoms with Gasteiger partial charge in [-0.1, -0.05) is 6.42 Å². The number of rotatable bonds is 2. The minimum absolute atomic E-state index is 0.0238. The molecule has 2 aliphatic rings. The van der Waals surface area contributed by atoms with Crippen LogP contribution in [0, 0.1) is 11.3 Å². The van der Waals surface area contributed by atoms with Gasteiger partial charge in [-0.2, -0.15) is 0 Å². The molecule has 90 valence electrons. The summed E-state index contributed by atoms with van der Waals surface area (Å²) in [5.74, 6) is 0.260. The molecule has 2 unspecified atom stereocenters. The molecule has 2 atom stereocenters. The molecule has 16 heavy (non-hydrogen) atoms. The largest absolute Gasteiger partial charge is 0.387 e. The van der Waals surface area contributed by atoms with Crippen molar-refractivity contribution in [2.45, 2.75) is 38.1 Å². The molecule has 2 rings (SSSR count). The Bertz CT molecular complexity index is 286. The maximum absolute atomic E-state index is 11.9. The van der Waals surface area contributed by atoms with E-state index in [9.17, 15) is 4.79 Å². The summed E-state index contributed by atoms with van der Waals surface area (Å²) in [5.41, 5.74) is 5.54. The summed E-state index contributed by atoms with van der Waals surface area (Å²) < 4.78 is 0. The lowest BCUT2D eigenvalue weighted by Crippen LogP contribution is -2.47. The fraction of sp³-hybridized carbons (Fsp3) is 0.818. The van der Waals surface area contributed by atoms with Gasteiger partial charge in [-0.3, -0.25) is 5.41 Å². The lowest BCUT2D eigenvalue weighted by molar-refractivity contribution is 0.203. The highest BCUT2D eigenvalue weighted by Gasteiger charge is 2.32.